The second kappa shape index (κ2) is 8.44. The Labute approximate surface area is 167 Å². The number of benzene rings is 1. The zero-order chi connectivity index (χ0) is 19.3. The second-order valence-electron chi connectivity index (χ2n) is 6.88. The third kappa shape index (κ3) is 4.17. The highest BCUT2D eigenvalue weighted by molar-refractivity contribution is 7.14. The van der Waals surface area contributed by atoms with Crippen LogP contribution in [0.1, 0.15) is 55.5 Å². The Morgan fingerprint density at radius 3 is 2.71 bits per heavy atom. The van der Waals surface area contributed by atoms with E-state index in [0.717, 1.165) is 12.8 Å². The molecule has 0 saturated carbocycles. The first-order chi connectivity index (χ1) is 13.7. The lowest BCUT2D eigenvalue weighted by Gasteiger charge is -2.10. The minimum Gasteiger partial charge on any atom is -0.467 e. The van der Waals surface area contributed by atoms with E-state index in [1.165, 1.54) is 29.7 Å². The summed E-state index contributed by atoms with van der Waals surface area (Å²) < 4.78 is 5.24. The third-order valence-corrected chi connectivity index (χ3v) is 6.13. The molecule has 1 aliphatic carbocycles. The maximum atomic E-state index is 12.8. The van der Waals surface area contributed by atoms with E-state index in [-0.39, 0.29) is 11.8 Å². The number of carbonyl (C=O) groups excluding carboxylic acids is 2. The van der Waals surface area contributed by atoms with Gasteiger partial charge in [-0.2, -0.15) is 0 Å². The van der Waals surface area contributed by atoms with Crippen molar-refractivity contribution in [2.45, 2.75) is 38.6 Å². The molecular weight excluding hydrogens is 372 g/mol. The van der Waals surface area contributed by atoms with Crippen LogP contribution in [-0.4, -0.2) is 11.8 Å². The summed E-state index contributed by atoms with van der Waals surface area (Å²) in [5.41, 5.74) is 2.24. The molecule has 5 nitrogen and oxygen atoms in total. The number of aryl methyl sites for hydroxylation is 2. The Balaban J connectivity index is 1.47. The third-order valence-electron chi connectivity index (χ3n) is 4.89. The Bertz CT molecular complexity index is 952. The summed E-state index contributed by atoms with van der Waals surface area (Å²) in [7, 11) is 0. The molecule has 144 valence electrons. The van der Waals surface area contributed by atoms with Crippen LogP contribution < -0.4 is 10.6 Å². The number of hydrogen-bond donors (Lipinski definition) is 2. The minimum atomic E-state index is -0.255. The van der Waals surface area contributed by atoms with Crippen molar-refractivity contribution in [1.29, 1.82) is 0 Å². The Kier molecular flexibility index (Phi) is 5.58. The van der Waals surface area contributed by atoms with Crippen molar-refractivity contribution in [3.8, 4) is 0 Å². The van der Waals surface area contributed by atoms with E-state index in [9.17, 15) is 9.59 Å². The van der Waals surface area contributed by atoms with Gasteiger partial charge < -0.3 is 15.1 Å². The highest BCUT2D eigenvalue weighted by Crippen LogP contribution is 2.29. The molecule has 4 rings (SSSR count). The number of thiophene rings is 1. The van der Waals surface area contributed by atoms with Gasteiger partial charge in [-0.15, -0.1) is 11.3 Å². The standard InChI is InChI=1S/C22H22N2O3S/c25-21(23-14-16-8-6-12-27-16)17-9-4-5-10-18(17)24-22(26)20-13-15-7-2-1-3-11-19(15)28-20/h4-6,8-10,12-13H,1-3,7,11,14H2,(H,23,25)(H,24,26). The Hall–Kier alpha value is -2.86. The molecule has 2 amide bonds. The van der Waals surface area contributed by atoms with Gasteiger partial charge in [0, 0.05) is 4.88 Å². The number of amides is 2. The predicted octanol–water partition coefficient (Wildman–Crippen LogP) is 4.79. The van der Waals surface area contributed by atoms with Crippen LogP contribution in [0.5, 0.6) is 0 Å². The highest BCUT2D eigenvalue weighted by atomic mass is 32.1. The van der Waals surface area contributed by atoms with Crippen LogP contribution >= 0.6 is 11.3 Å². The van der Waals surface area contributed by atoms with E-state index in [0.29, 0.717) is 28.4 Å². The number of nitrogens with one attached hydrogen (secondary N) is 2. The number of anilines is 1. The molecule has 28 heavy (non-hydrogen) atoms. The normalized spacial score (nSPS) is 13.4. The largest absolute Gasteiger partial charge is 0.467 e. The summed E-state index contributed by atoms with van der Waals surface area (Å²) in [5, 5.41) is 5.73. The van der Waals surface area contributed by atoms with Crippen molar-refractivity contribution in [2.24, 2.45) is 0 Å². The zero-order valence-corrected chi connectivity index (χ0v) is 16.3. The first-order valence-corrected chi connectivity index (χ1v) is 10.3. The first-order valence-electron chi connectivity index (χ1n) is 9.53. The molecule has 0 saturated heterocycles. The fourth-order valence-corrected chi connectivity index (χ4v) is 4.58. The number of rotatable bonds is 5. The molecule has 0 unspecified atom stereocenters. The number of fused-ring (bicyclic) bond motifs is 1. The zero-order valence-electron chi connectivity index (χ0n) is 15.5. The second-order valence-corrected chi connectivity index (χ2v) is 8.02. The maximum absolute atomic E-state index is 12.8. The summed E-state index contributed by atoms with van der Waals surface area (Å²) >= 11 is 1.57. The molecule has 3 aromatic rings. The number of furan rings is 1. The monoisotopic (exact) mass is 394 g/mol. The average molecular weight is 394 g/mol. The van der Waals surface area contributed by atoms with Crippen molar-refractivity contribution < 1.29 is 14.0 Å². The molecule has 2 N–H and O–H groups in total. The van der Waals surface area contributed by atoms with Crippen LogP contribution in [0.25, 0.3) is 0 Å². The lowest BCUT2D eigenvalue weighted by atomic mass is 10.1. The summed E-state index contributed by atoms with van der Waals surface area (Å²) in [6.07, 6.45) is 7.29. The number of carbonyl (C=O) groups is 2. The highest BCUT2D eigenvalue weighted by Gasteiger charge is 2.18. The van der Waals surface area contributed by atoms with Crippen LogP contribution in [-0.2, 0) is 19.4 Å². The lowest BCUT2D eigenvalue weighted by Crippen LogP contribution is -2.24. The van der Waals surface area contributed by atoms with Crippen LogP contribution in [0.2, 0.25) is 0 Å². The molecule has 0 fully saturated rings. The molecule has 2 aromatic heterocycles. The number of para-hydroxylation sites is 1. The molecule has 0 bridgehead atoms. The fraction of sp³-hybridized carbons (Fsp3) is 0.273. The Morgan fingerprint density at radius 2 is 1.86 bits per heavy atom. The molecule has 6 heteroatoms. The smallest absolute Gasteiger partial charge is 0.265 e. The van der Waals surface area contributed by atoms with Crippen molar-refractivity contribution in [2.75, 3.05) is 5.32 Å². The summed E-state index contributed by atoms with van der Waals surface area (Å²) in [5.74, 6) is 0.258. The molecular formula is C22H22N2O3S. The van der Waals surface area contributed by atoms with Gasteiger partial charge in [-0.1, -0.05) is 18.6 Å². The molecule has 0 aliphatic heterocycles. The Morgan fingerprint density at radius 1 is 1.00 bits per heavy atom. The van der Waals surface area contributed by atoms with Gasteiger partial charge in [0.25, 0.3) is 11.8 Å². The van der Waals surface area contributed by atoms with E-state index >= 15 is 0 Å². The SMILES string of the molecule is O=C(Nc1ccccc1C(=O)NCc1ccco1)c1cc2c(s1)CCCCC2. The summed E-state index contributed by atoms with van der Waals surface area (Å²) in [6, 6.07) is 12.6. The van der Waals surface area contributed by atoms with E-state index < -0.39 is 0 Å². The quantitative estimate of drug-likeness (QED) is 0.611. The fourth-order valence-electron chi connectivity index (χ4n) is 3.43. The van der Waals surface area contributed by atoms with Crippen LogP contribution in [0, 0.1) is 0 Å². The minimum absolute atomic E-state index is 0.163. The van der Waals surface area contributed by atoms with Crippen LogP contribution in [0.4, 0.5) is 5.69 Å². The van der Waals surface area contributed by atoms with E-state index in [1.807, 2.05) is 12.1 Å². The van der Waals surface area contributed by atoms with Gasteiger partial charge in [-0.3, -0.25) is 9.59 Å². The molecule has 0 radical (unpaired) electrons. The summed E-state index contributed by atoms with van der Waals surface area (Å²) in [6.45, 7) is 0.297. The molecule has 1 aromatic carbocycles. The van der Waals surface area contributed by atoms with Crippen molar-refractivity contribution in [1.82, 2.24) is 5.32 Å². The molecule has 0 spiro atoms. The van der Waals surface area contributed by atoms with Gasteiger partial charge in [0.1, 0.15) is 5.76 Å². The number of hydrogen-bond acceptors (Lipinski definition) is 4. The predicted molar refractivity (Wildman–Crippen MR) is 110 cm³/mol. The van der Waals surface area contributed by atoms with Gasteiger partial charge in [-0.05, 0) is 61.6 Å². The van der Waals surface area contributed by atoms with Crippen molar-refractivity contribution >= 4 is 28.8 Å². The van der Waals surface area contributed by atoms with Gasteiger partial charge in [0.15, 0.2) is 0 Å². The van der Waals surface area contributed by atoms with E-state index in [4.69, 9.17) is 4.42 Å². The first kappa shape index (κ1) is 18.5. The lowest BCUT2D eigenvalue weighted by molar-refractivity contribution is 0.0949. The van der Waals surface area contributed by atoms with Gasteiger partial charge in [0.2, 0.25) is 0 Å². The average Bonchev–Trinajstić information content (AvgIpc) is 3.32. The van der Waals surface area contributed by atoms with E-state index in [2.05, 4.69) is 10.6 Å². The van der Waals surface area contributed by atoms with Crippen molar-refractivity contribution in [3.05, 3.63) is 75.4 Å². The van der Waals surface area contributed by atoms with Crippen molar-refractivity contribution in [3.63, 3.8) is 0 Å². The van der Waals surface area contributed by atoms with Gasteiger partial charge >= 0.3 is 0 Å². The molecule has 0 atom stereocenters. The van der Waals surface area contributed by atoms with E-state index in [1.54, 1.807) is 47.9 Å². The molecule has 1 aliphatic rings. The van der Waals surface area contributed by atoms with Crippen LogP contribution in [0.15, 0.2) is 53.1 Å². The van der Waals surface area contributed by atoms with Crippen LogP contribution in [0.3, 0.4) is 0 Å². The summed E-state index contributed by atoms with van der Waals surface area (Å²) in [4.78, 5) is 27.4. The maximum Gasteiger partial charge on any atom is 0.265 e. The topological polar surface area (TPSA) is 71.3 Å². The van der Waals surface area contributed by atoms with Gasteiger partial charge in [0.05, 0.1) is 28.9 Å². The molecule has 2 heterocycles. The van der Waals surface area contributed by atoms with Gasteiger partial charge in [-0.25, -0.2) is 0 Å².